The number of methoxy groups -OCH3 is 1. The van der Waals surface area contributed by atoms with Crippen molar-refractivity contribution in [2.75, 3.05) is 36.6 Å². The predicted molar refractivity (Wildman–Crippen MR) is 80.2 cm³/mol. The lowest BCUT2D eigenvalue weighted by atomic mass is 9.95. The fourth-order valence-electron chi connectivity index (χ4n) is 2.90. The van der Waals surface area contributed by atoms with Crippen molar-refractivity contribution >= 4 is 21.5 Å². The molecular formula is C15H19NO4S. The van der Waals surface area contributed by atoms with Crippen LogP contribution in [-0.4, -0.2) is 46.1 Å². The number of anilines is 1. The van der Waals surface area contributed by atoms with Gasteiger partial charge in [-0.3, -0.25) is 4.79 Å². The number of benzene rings is 1. The zero-order valence-electron chi connectivity index (χ0n) is 12.0. The van der Waals surface area contributed by atoms with Crippen LogP contribution >= 0.6 is 0 Å². The highest BCUT2D eigenvalue weighted by molar-refractivity contribution is 7.91. The van der Waals surface area contributed by atoms with Crippen LogP contribution in [0, 0.1) is 0 Å². The van der Waals surface area contributed by atoms with E-state index >= 15 is 0 Å². The first kappa shape index (κ1) is 14.4. The molecular weight excluding hydrogens is 290 g/mol. The molecule has 1 saturated carbocycles. The van der Waals surface area contributed by atoms with Crippen molar-refractivity contribution in [2.45, 2.75) is 18.3 Å². The van der Waals surface area contributed by atoms with Crippen molar-refractivity contribution in [3.8, 4) is 0 Å². The molecule has 0 bridgehead atoms. The molecule has 1 saturated heterocycles. The van der Waals surface area contributed by atoms with Gasteiger partial charge in [0, 0.05) is 18.8 Å². The van der Waals surface area contributed by atoms with Gasteiger partial charge in [0.15, 0.2) is 9.84 Å². The van der Waals surface area contributed by atoms with E-state index in [1.54, 1.807) is 0 Å². The highest BCUT2D eigenvalue weighted by atomic mass is 32.2. The van der Waals surface area contributed by atoms with Crippen molar-refractivity contribution in [1.29, 1.82) is 0 Å². The molecule has 0 spiro atoms. The first-order chi connectivity index (χ1) is 9.97. The fourth-order valence-corrected chi connectivity index (χ4v) is 4.10. The number of hydrogen-bond donors (Lipinski definition) is 0. The van der Waals surface area contributed by atoms with E-state index < -0.39 is 15.3 Å². The first-order valence-corrected chi connectivity index (χ1v) is 8.93. The number of sulfone groups is 1. The largest absolute Gasteiger partial charge is 0.468 e. The van der Waals surface area contributed by atoms with Gasteiger partial charge in [-0.1, -0.05) is 12.1 Å². The Labute approximate surface area is 124 Å². The first-order valence-electron chi connectivity index (χ1n) is 7.11. The van der Waals surface area contributed by atoms with Crippen LogP contribution < -0.4 is 4.90 Å². The molecule has 2 aliphatic rings. The van der Waals surface area contributed by atoms with E-state index in [9.17, 15) is 13.2 Å². The number of ether oxygens (including phenoxy) is 1. The molecule has 3 rings (SSSR count). The minimum atomic E-state index is -2.88. The number of hydrogen-bond acceptors (Lipinski definition) is 5. The molecule has 1 aromatic carbocycles. The number of esters is 1. The maximum Gasteiger partial charge on any atom is 0.316 e. The van der Waals surface area contributed by atoms with Crippen LogP contribution in [0.4, 0.5) is 5.69 Å². The highest BCUT2D eigenvalue weighted by Crippen LogP contribution is 2.49. The van der Waals surface area contributed by atoms with Crippen LogP contribution in [0.5, 0.6) is 0 Å². The minimum Gasteiger partial charge on any atom is -0.468 e. The van der Waals surface area contributed by atoms with Crippen LogP contribution in [-0.2, 0) is 24.8 Å². The lowest BCUT2D eigenvalue weighted by Gasteiger charge is -2.29. The van der Waals surface area contributed by atoms with Crippen LogP contribution in [0.25, 0.3) is 0 Å². The summed E-state index contributed by atoms with van der Waals surface area (Å²) in [6.45, 7) is 1.02. The number of nitrogens with zero attached hydrogens (tertiary/aromatic N) is 1. The second-order valence-electron chi connectivity index (χ2n) is 5.76. The van der Waals surface area contributed by atoms with E-state index in [0.717, 1.165) is 24.1 Å². The number of rotatable bonds is 3. The molecule has 6 heteroatoms. The lowest BCUT2D eigenvalue weighted by Crippen LogP contribution is -2.40. The van der Waals surface area contributed by atoms with Gasteiger partial charge in [0.25, 0.3) is 0 Å². The van der Waals surface area contributed by atoms with Gasteiger partial charge in [0.1, 0.15) is 0 Å². The van der Waals surface area contributed by atoms with Crippen molar-refractivity contribution in [3.05, 3.63) is 29.8 Å². The van der Waals surface area contributed by atoms with Crippen molar-refractivity contribution in [2.24, 2.45) is 0 Å². The van der Waals surface area contributed by atoms with Gasteiger partial charge in [-0.25, -0.2) is 8.42 Å². The minimum absolute atomic E-state index is 0.180. The van der Waals surface area contributed by atoms with Crippen molar-refractivity contribution in [1.82, 2.24) is 0 Å². The Morgan fingerprint density at radius 1 is 1.24 bits per heavy atom. The third-order valence-corrected chi connectivity index (χ3v) is 6.04. The Kier molecular flexibility index (Phi) is 3.43. The molecule has 0 radical (unpaired) electrons. The Balaban J connectivity index is 1.83. The molecule has 0 amide bonds. The van der Waals surface area contributed by atoms with Crippen LogP contribution in [0.2, 0.25) is 0 Å². The van der Waals surface area contributed by atoms with Gasteiger partial charge in [0.2, 0.25) is 0 Å². The van der Waals surface area contributed by atoms with Crippen LogP contribution in [0.15, 0.2) is 24.3 Å². The highest BCUT2D eigenvalue weighted by Gasteiger charge is 2.52. The van der Waals surface area contributed by atoms with E-state index in [4.69, 9.17) is 4.74 Å². The maximum absolute atomic E-state index is 12.0. The Hall–Kier alpha value is -1.56. The van der Waals surface area contributed by atoms with E-state index in [-0.39, 0.29) is 17.5 Å². The molecule has 21 heavy (non-hydrogen) atoms. The van der Waals surface area contributed by atoms with Gasteiger partial charge >= 0.3 is 5.97 Å². The van der Waals surface area contributed by atoms with Gasteiger partial charge in [-0.05, 0) is 30.5 Å². The summed E-state index contributed by atoms with van der Waals surface area (Å²) in [7, 11) is -1.46. The van der Waals surface area contributed by atoms with Gasteiger partial charge in [-0.15, -0.1) is 0 Å². The van der Waals surface area contributed by atoms with Crippen molar-refractivity contribution in [3.63, 3.8) is 0 Å². The topological polar surface area (TPSA) is 63.7 Å². The average molecular weight is 309 g/mol. The Morgan fingerprint density at radius 3 is 2.48 bits per heavy atom. The molecule has 1 aromatic rings. The summed E-state index contributed by atoms with van der Waals surface area (Å²) in [5.41, 5.74) is 1.48. The van der Waals surface area contributed by atoms with Gasteiger partial charge in [-0.2, -0.15) is 0 Å². The number of carbonyl (C=O) groups excluding carboxylic acids is 1. The molecule has 0 unspecified atom stereocenters. The van der Waals surface area contributed by atoms with E-state index in [2.05, 4.69) is 4.90 Å². The smallest absolute Gasteiger partial charge is 0.316 e. The predicted octanol–water partition coefficient (Wildman–Crippen LogP) is 1.13. The molecule has 0 atom stereocenters. The van der Waals surface area contributed by atoms with Gasteiger partial charge < -0.3 is 9.64 Å². The third kappa shape index (κ3) is 2.64. The summed E-state index contributed by atoms with van der Waals surface area (Å²) < 4.78 is 27.9. The molecule has 1 aliphatic carbocycles. The van der Waals surface area contributed by atoms with Crippen LogP contribution in [0.1, 0.15) is 18.4 Å². The molecule has 5 nitrogen and oxygen atoms in total. The SMILES string of the molecule is COC(=O)C1(c2cccc(N3CCS(=O)(=O)CC3)c2)CC1. The Morgan fingerprint density at radius 2 is 1.90 bits per heavy atom. The van der Waals surface area contributed by atoms with E-state index in [1.807, 2.05) is 24.3 Å². The monoisotopic (exact) mass is 309 g/mol. The van der Waals surface area contributed by atoms with E-state index in [0.29, 0.717) is 13.1 Å². The second-order valence-corrected chi connectivity index (χ2v) is 8.07. The van der Waals surface area contributed by atoms with Gasteiger partial charge in [0.05, 0.1) is 24.0 Å². The summed E-state index contributed by atoms with van der Waals surface area (Å²) in [5.74, 6) is 0.208. The molecule has 0 N–H and O–H groups in total. The quantitative estimate of drug-likeness (QED) is 0.783. The zero-order chi connectivity index (χ0) is 15.1. The zero-order valence-corrected chi connectivity index (χ0v) is 12.9. The van der Waals surface area contributed by atoms with Crippen molar-refractivity contribution < 1.29 is 17.9 Å². The summed E-state index contributed by atoms with van der Waals surface area (Å²) in [4.78, 5) is 14.0. The molecule has 114 valence electrons. The summed E-state index contributed by atoms with van der Waals surface area (Å²) >= 11 is 0. The summed E-state index contributed by atoms with van der Waals surface area (Å²) in [5, 5.41) is 0. The van der Waals surface area contributed by atoms with Crippen LogP contribution in [0.3, 0.4) is 0 Å². The van der Waals surface area contributed by atoms with E-state index in [1.165, 1.54) is 7.11 Å². The number of carbonyl (C=O) groups is 1. The summed E-state index contributed by atoms with van der Waals surface area (Å²) in [6.07, 6.45) is 1.63. The molecule has 1 aliphatic heterocycles. The average Bonchev–Trinajstić information content (AvgIpc) is 3.28. The third-order valence-electron chi connectivity index (χ3n) is 4.43. The summed E-state index contributed by atoms with van der Waals surface area (Å²) in [6, 6.07) is 7.85. The molecule has 1 heterocycles. The standard InChI is InChI=1S/C15H19NO4S/c1-20-14(17)15(5-6-15)12-3-2-4-13(11-12)16-7-9-21(18,19)10-8-16/h2-4,11H,5-10H2,1H3. The lowest BCUT2D eigenvalue weighted by molar-refractivity contribution is -0.143. The molecule has 0 aromatic heterocycles. The molecule has 2 fully saturated rings. The fraction of sp³-hybridized carbons (Fsp3) is 0.533. The normalized spacial score (nSPS) is 22.6. The second kappa shape index (κ2) is 5.02. The maximum atomic E-state index is 12.0. The Bertz CT molecular complexity index is 650.